The molecule has 4 heteroatoms. The SMILES string of the molecule is CCOc1c(CC(C(=O)O)c2cc(C)ccc2C)cccc1OC. The lowest BCUT2D eigenvalue weighted by molar-refractivity contribution is -0.138. The third kappa shape index (κ3) is 3.88. The number of methoxy groups -OCH3 is 1. The molecule has 0 heterocycles. The summed E-state index contributed by atoms with van der Waals surface area (Å²) in [5, 5.41) is 9.78. The Morgan fingerprint density at radius 1 is 1.21 bits per heavy atom. The van der Waals surface area contributed by atoms with E-state index in [2.05, 4.69) is 0 Å². The van der Waals surface area contributed by atoms with Crippen LogP contribution in [0.4, 0.5) is 0 Å². The zero-order valence-corrected chi connectivity index (χ0v) is 14.6. The molecule has 0 aliphatic heterocycles. The molecule has 1 atom stereocenters. The smallest absolute Gasteiger partial charge is 0.311 e. The number of ether oxygens (including phenoxy) is 2. The number of carboxylic acid groups (broad SMARTS) is 1. The van der Waals surface area contributed by atoms with E-state index in [1.807, 2.05) is 57.2 Å². The molecule has 128 valence electrons. The summed E-state index contributed by atoms with van der Waals surface area (Å²) in [7, 11) is 1.58. The molecule has 24 heavy (non-hydrogen) atoms. The fraction of sp³-hybridized carbons (Fsp3) is 0.350. The Kier molecular flexibility index (Phi) is 5.85. The van der Waals surface area contributed by atoms with Gasteiger partial charge in [0.25, 0.3) is 0 Å². The van der Waals surface area contributed by atoms with E-state index in [-0.39, 0.29) is 0 Å². The van der Waals surface area contributed by atoms with Gasteiger partial charge in [0, 0.05) is 0 Å². The number of aliphatic carboxylic acids is 1. The van der Waals surface area contributed by atoms with Crippen LogP contribution < -0.4 is 9.47 Å². The predicted molar refractivity (Wildman–Crippen MR) is 94.2 cm³/mol. The summed E-state index contributed by atoms with van der Waals surface area (Å²) in [5.74, 6) is -0.219. The number of carbonyl (C=O) groups is 1. The average Bonchev–Trinajstić information content (AvgIpc) is 2.56. The summed E-state index contributed by atoms with van der Waals surface area (Å²) in [6.07, 6.45) is 0.353. The van der Waals surface area contributed by atoms with Crippen molar-refractivity contribution in [2.24, 2.45) is 0 Å². The van der Waals surface area contributed by atoms with Crippen LogP contribution in [0.15, 0.2) is 36.4 Å². The number of carboxylic acids is 1. The minimum absolute atomic E-state index is 0.353. The third-order valence-electron chi connectivity index (χ3n) is 4.10. The maximum atomic E-state index is 11.9. The molecule has 0 amide bonds. The largest absolute Gasteiger partial charge is 0.493 e. The maximum Gasteiger partial charge on any atom is 0.311 e. The molecule has 0 aromatic heterocycles. The molecule has 0 radical (unpaired) electrons. The first kappa shape index (κ1) is 17.9. The van der Waals surface area contributed by atoms with Crippen molar-refractivity contribution in [3.63, 3.8) is 0 Å². The zero-order valence-electron chi connectivity index (χ0n) is 14.6. The second-order valence-corrected chi connectivity index (χ2v) is 5.84. The molecule has 0 saturated heterocycles. The highest BCUT2D eigenvalue weighted by molar-refractivity contribution is 5.77. The molecular formula is C20H24O4. The summed E-state index contributed by atoms with van der Waals surface area (Å²) in [5.41, 5.74) is 3.71. The van der Waals surface area contributed by atoms with Crippen LogP contribution in [0.2, 0.25) is 0 Å². The Labute approximate surface area is 143 Å². The van der Waals surface area contributed by atoms with Crippen LogP contribution in [0.1, 0.15) is 35.1 Å². The first-order chi connectivity index (χ1) is 11.5. The number of hydrogen-bond donors (Lipinski definition) is 1. The maximum absolute atomic E-state index is 11.9. The van der Waals surface area contributed by atoms with Crippen LogP contribution in [0.5, 0.6) is 11.5 Å². The number of para-hydroxylation sites is 1. The van der Waals surface area contributed by atoms with Gasteiger partial charge in [0.1, 0.15) is 0 Å². The minimum atomic E-state index is -0.839. The highest BCUT2D eigenvalue weighted by atomic mass is 16.5. The molecule has 0 aliphatic rings. The molecule has 0 bridgehead atoms. The average molecular weight is 328 g/mol. The van der Waals surface area contributed by atoms with E-state index in [0.717, 1.165) is 22.3 Å². The van der Waals surface area contributed by atoms with Gasteiger partial charge in [-0.15, -0.1) is 0 Å². The van der Waals surface area contributed by atoms with Crippen LogP contribution in [0, 0.1) is 13.8 Å². The highest BCUT2D eigenvalue weighted by Crippen LogP contribution is 2.35. The summed E-state index contributed by atoms with van der Waals surface area (Å²) in [6, 6.07) is 11.5. The van der Waals surface area contributed by atoms with Crippen molar-refractivity contribution in [2.75, 3.05) is 13.7 Å². The molecule has 1 N–H and O–H groups in total. The van der Waals surface area contributed by atoms with Crippen LogP contribution in [0.3, 0.4) is 0 Å². The molecule has 4 nitrogen and oxygen atoms in total. The van der Waals surface area contributed by atoms with E-state index in [1.165, 1.54) is 0 Å². The lowest BCUT2D eigenvalue weighted by atomic mass is 9.88. The van der Waals surface area contributed by atoms with Crippen LogP contribution >= 0.6 is 0 Å². The van der Waals surface area contributed by atoms with E-state index < -0.39 is 11.9 Å². The lowest BCUT2D eigenvalue weighted by Crippen LogP contribution is -2.16. The van der Waals surface area contributed by atoms with Crippen molar-refractivity contribution in [1.29, 1.82) is 0 Å². The fourth-order valence-electron chi connectivity index (χ4n) is 2.88. The van der Waals surface area contributed by atoms with E-state index in [1.54, 1.807) is 7.11 Å². The van der Waals surface area contributed by atoms with E-state index in [4.69, 9.17) is 9.47 Å². The van der Waals surface area contributed by atoms with E-state index in [9.17, 15) is 9.90 Å². The Hall–Kier alpha value is -2.49. The van der Waals surface area contributed by atoms with Gasteiger partial charge in [-0.1, -0.05) is 35.9 Å². The Morgan fingerprint density at radius 3 is 2.58 bits per heavy atom. The minimum Gasteiger partial charge on any atom is -0.493 e. The molecule has 2 aromatic carbocycles. The first-order valence-electron chi connectivity index (χ1n) is 8.06. The number of rotatable bonds is 7. The van der Waals surface area contributed by atoms with Crippen molar-refractivity contribution in [3.05, 3.63) is 58.7 Å². The summed E-state index contributed by atoms with van der Waals surface area (Å²) in [6.45, 7) is 6.31. The van der Waals surface area contributed by atoms with E-state index in [0.29, 0.717) is 24.5 Å². The predicted octanol–water partition coefficient (Wildman–Crippen LogP) is 4.12. The molecule has 0 fully saturated rings. The fourth-order valence-corrected chi connectivity index (χ4v) is 2.88. The second kappa shape index (κ2) is 7.86. The summed E-state index contributed by atoms with van der Waals surface area (Å²) >= 11 is 0. The third-order valence-corrected chi connectivity index (χ3v) is 4.10. The first-order valence-corrected chi connectivity index (χ1v) is 8.06. The molecule has 1 unspecified atom stereocenters. The van der Waals surface area contributed by atoms with Gasteiger partial charge in [0.05, 0.1) is 19.6 Å². The van der Waals surface area contributed by atoms with Gasteiger partial charge in [-0.2, -0.15) is 0 Å². The van der Waals surface area contributed by atoms with Gasteiger partial charge in [-0.25, -0.2) is 0 Å². The van der Waals surface area contributed by atoms with Crippen molar-refractivity contribution in [1.82, 2.24) is 0 Å². The Bertz CT molecular complexity index is 722. The summed E-state index contributed by atoms with van der Waals surface area (Å²) < 4.78 is 11.1. The van der Waals surface area contributed by atoms with Gasteiger partial charge in [-0.3, -0.25) is 4.79 Å². The number of aryl methyl sites for hydroxylation is 2. The summed E-state index contributed by atoms with van der Waals surface area (Å²) in [4.78, 5) is 11.9. The molecule has 0 saturated carbocycles. The molecular weight excluding hydrogens is 304 g/mol. The van der Waals surface area contributed by atoms with Gasteiger partial charge in [0.2, 0.25) is 0 Å². The van der Waals surface area contributed by atoms with Gasteiger partial charge < -0.3 is 14.6 Å². The van der Waals surface area contributed by atoms with Crippen molar-refractivity contribution < 1.29 is 19.4 Å². The van der Waals surface area contributed by atoms with Crippen LogP contribution in [-0.4, -0.2) is 24.8 Å². The second-order valence-electron chi connectivity index (χ2n) is 5.84. The van der Waals surface area contributed by atoms with Gasteiger partial charge in [0.15, 0.2) is 11.5 Å². The monoisotopic (exact) mass is 328 g/mol. The topological polar surface area (TPSA) is 55.8 Å². The van der Waals surface area contributed by atoms with Crippen LogP contribution in [0.25, 0.3) is 0 Å². The normalized spacial score (nSPS) is 11.8. The van der Waals surface area contributed by atoms with Crippen LogP contribution in [-0.2, 0) is 11.2 Å². The molecule has 0 aliphatic carbocycles. The molecule has 0 spiro atoms. The van der Waals surface area contributed by atoms with Crippen molar-refractivity contribution in [3.8, 4) is 11.5 Å². The Morgan fingerprint density at radius 2 is 1.96 bits per heavy atom. The molecule has 2 aromatic rings. The van der Waals surface area contributed by atoms with Crippen molar-refractivity contribution in [2.45, 2.75) is 33.1 Å². The van der Waals surface area contributed by atoms with Gasteiger partial charge in [-0.05, 0) is 49.9 Å². The van der Waals surface area contributed by atoms with Crippen molar-refractivity contribution >= 4 is 5.97 Å². The number of benzene rings is 2. The number of hydrogen-bond acceptors (Lipinski definition) is 3. The lowest BCUT2D eigenvalue weighted by Gasteiger charge is -2.19. The Balaban J connectivity index is 2.45. The quantitative estimate of drug-likeness (QED) is 0.830. The van der Waals surface area contributed by atoms with Gasteiger partial charge >= 0.3 is 5.97 Å². The van der Waals surface area contributed by atoms with E-state index >= 15 is 0 Å². The standard InChI is InChI=1S/C20H24O4/c1-5-24-19-15(7-6-8-18(19)23-4)12-17(20(21)22)16-11-13(2)9-10-14(16)3/h6-11,17H,5,12H2,1-4H3,(H,21,22). The zero-order chi connectivity index (χ0) is 17.7. The molecule has 2 rings (SSSR count). The highest BCUT2D eigenvalue weighted by Gasteiger charge is 2.24.